The van der Waals surface area contributed by atoms with Gasteiger partial charge in [0.1, 0.15) is 11.2 Å². The van der Waals surface area contributed by atoms with Crippen molar-refractivity contribution in [3.05, 3.63) is 64.0 Å². The number of nitrogens with zero attached hydrogens (tertiary/aromatic N) is 5. The Morgan fingerprint density at radius 1 is 1.28 bits per heavy atom. The lowest BCUT2D eigenvalue weighted by atomic mass is 10.2. The molecule has 3 aromatic rings. The Balaban J connectivity index is 1.61. The van der Waals surface area contributed by atoms with E-state index >= 15 is 0 Å². The van der Waals surface area contributed by atoms with Crippen LogP contribution in [-0.2, 0) is 0 Å². The zero-order chi connectivity index (χ0) is 17.6. The topological polar surface area (TPSA) is 72.5 Å². The van der Waals surface area contributed by atoms with Crippen LogP contribution in [-0.4, -0.2) is 43.1 Å². The van der Waals surface area contributed by atoms with E-state index in [1.165, 1.54) is 10.6 Å². The van der Waals surface area contributed by atoms with Crippen LogP contribution >= 0.6 is 0 Å². The molecule has 4 rings (SSSR count). The van der Waals surface area contributed by atoms with Crippen LogP contribution in [0.2, 0.25) is 0 Å². The van der Waals surface area contributed by atoms with Gasteiger partial charge in [-0.25, -0.2) is 4.98 Å². The number of rotatable bonds is 2. The summed E-state index contributed by atoms with van der Waals surface area (Å²) in [7, 11) is 0. The summed E-state index contributed by atoms with van der Waals surface area (Å²) in [6, 6.07) is 7.48. The molecule has 1 saturated heterocycles. The van der Waals surface area contributed by atoms with Gasteiger partial charge in [0.05, 0.1) is 11.7 Å². The van der Waals surface area contributed by atoms with Crippen LogP contribution in [0.5, 0.6) is 0 Å². The Morgan fingerprint density at radius 2 is 2.12 bits per heavy atom. The molecular formula is C18H19N5O2. The number of hydrogen-bond acceptors (Lipinski definition) is 4. The fourth-order valence-corrected chi connectivity index (χ4v) is 3.49. The van der Waals surface area contributed by atoms with Crippen molar-refractivity contribution < 1.29 is 4.79 Å². The average molecular weight is 337 g/mol. The summed E-state index contributed by atoms with van der Waals surface area (Å²) in [5, 5.41) is 4.52. The highest BCUT2D eigenvalue weighted by molar-refractivity contribution is 5.94. The van der Waals surface area contributed by atoms with E-state index in [0.717, 1.165) is 17.8 Å². The predicted octanol–water partition coefficient (Wildman–Crippen LogP) is 1.60. The highest BCUT2D eigenvalue weighted by Gasteiger charge is 2.30. The molecule has 0 aromatic carbocycles. The maximum Gasteiger partial charge on any atom is 0.270 e. The van der Waals surface area contributed by atoms with Gasteiger partial charge in [0.15, 0.2) is 0 Å². The van der Waals surface area contributed by atoms with Gasteiger partial charge >= 0.3 is 0 Å². The summed E-state index contributed by atoms with van der Waals surface area (Å²) < 4.78 is 3.38. The van der Waals surface area contributed by atoms with Crippen LogP contribution in [0.1, 0.15) is 34.2 Å². The van der Waals surface area contributed by atoms with E-state index < -0.39 is 0 Å². The Hall–Kier alpha value is -2.96. The number of carbonyl (C=O) groups is 1. The summed E-state index contributed by atoms with van der Waals surface area (Å²) in [5.41, 5.74) is 2.37. The zero-order valence-electron chi connectivity index (χ0n) is 14.2. The number of likely N-dealkylation sites (tertiary alicyclic amines) is 1. The minimum absolute atomic E-state index is 0.109. The highest BCUT2D eigenvalue weighted by atomic mass is 16.2. The molecule has 128 valence electrons. The second-order valence-corrected chi connectivity index (χ2v) is 6.47. The number of pyridine rings is 1. The molecule has 4 heterocycles. The minimum atomic E-state index is -0.329. The summed E-state index contributed by atoms with van der Waals surface area (Å²) >= 11 is 0. The second-order valence-electron chi connectivity index (χ2n) is 6.47. The van der Waals surface area contributed by atoms with Crippen molar-refractivity contribution in [1.82, 2.24) is 24.1 Å². The lowest BCUT2D eigenvalue weighted by Crippen LogP contribution is -2.34. The molecule has 0 unspecified atom stereocenters. The Morgan fingerprint density at radius 3 is 2.88 bits per heavy atom. The fourth-order valence-electron chi connectivity index (χ4n) is 3.49. The van der Waals surface area contributed by atoms with Crippen molar-refractivity contribution in [2.45, 2.75) is 26.3 Å². The second kappa shape index (κ2) is 5.84. The van der Waals surface area contributed by atoms with Gasteiger partial charge in [-0.15, -0.1) is 0 Å². The van der Waals surface area contributed by atoms with E-state index in [1.54, 1.807) is 23.2 Å². The van der Waals surface area contributed by atoms with Crippen LogP contribution in [0.15, 0.2) is 41.5 Å². The van der Waals surface area contributed by atoms with Crippen LogP contribution < -0.4 is 5.56 Å². The number of fused-ring (bicyclic) bond motifs is 1. The van der Waals surface area contributed by atoms with E-state index in [1.807, 2.05) is 30.7 Å². The molecule has 0 saturated carbocycles. The van der Waals surface area contributed by atoms with Gasteiger partial charge in [-0.05, 0) is 38.5 Å². The molecule has 0 spiro atoms. The molecule has 1 aliphatic heterocycles. The first-order valence-corrected chi connectivity index (χ1v) is 8.33. The van der Waals surface area contributed by atoms with Crippen molar-refractivity contribution in [3.63, 3.8) is 0 Å². The number of hydrogen-bond donors (Lipinski definition) is 0. The minimum Gasteiger partial charge on any atom is -0.336 e. The zero-order valence-corrected chi connectivity index (χ0v) is 14.2. The molecule has 1 fully saturated rings. The van der Waals surface area contributed by atoms with E-state index in [9.17, 15) is 9.59 Å². The van der Waals surface area contributed by atoms with Crippen molar-refractivity contribution >= 4 is 11.6 Å². The maximum absolute atomic E-state index is 12.8. The molecular weight excluding hydrogens is 318 g/mol. The Kier molecular flexibility index (Phi) is 3.63. The van der Waals surface area contributed by atoms with Crippen LogP contribution in [0.4, 0.5) is 0 Å². The van der Waals surface area contributed by atoms with Gasteiger partial charge in [-0.1, -0.05) is 6.07 Å². The SMILES string of the molecule is Cc1cc(C)n([C@H]2CCN(C(=O)c3cnc4ccccn4c3=O)C2)n1. The van der Waals surface area contributed by atoms with Crippen LogP contribution in [0.25, 0.3) is 5.65 Å². The molecule has 1 amide bonds. The van der Waals surface area contributed by atoms with Gasteiger partial charge in [0, 0.05) is 31.2 Å². The van der Waals surface area contributed by atoms with E-state index in [4.69, 9.17) is 0 Å². The molecule has 0 aliphatic carbocycles. The largest absolute Gasteiger partial charge is 0.336 e. The lowest BCUT2D eigenvalue weighted by molar-refractivity contribution is 0.0784. The van der Waals surface area contributed by atoms with Gasteiger partial charge in [0.2, 0.25) is 0 Å². The summed E-state index contributed by atoms with van der Waals surface area (Å²) in [6.45, 7) is 5.14. The highest BCUT2D eigenvalue weighted by Crippen LogP contribution is 2.24. The third kappa shape index (κ3) is 2.61. The molecule has 0 bridgehead atoms. The van der Waals surface area contributed by atoms with Gasteiger partial charge in [0.25, 0.3) is 11.5 Å². The molecule has 7 heteroatoms. The molecule has 25 heavy (non-hydrogen) atoms. The van der Waals surface area contributed by atoms with E-state index in [2.05, 4.69) is 10.1 Å². The fraction of sp³-hybridized carbons (Fsp3) is 0.333. The quantitative estimate of drug-likeness (QED) is 0.712. The summed E-state index contributed by atoms with van der Waals surface area (Å²) in [5.74, 6) is -0.264. The first-order chi connectivity index (χ1) is 12.0. The number of amides is 1. The Labute approximate surface area is 144 Å². The van der Waals surface area contributed by atoms with Crippen LogP contribution in [0.3, 0.4) is 0 Å². The van der Waals surface area contributed by atoms with Gasteiger partial charge < -0.3 is 4.90 Å². The van der Waals surface area contributed by atoms with E-state index in [0.29, 0.717) is 18.7 Å². The van der Waals surface area contributed by atoms with Crippen LogP contribution in [0, 0.1) is 13.8 Å². The first kappa shape index (κ1) is 15.6. The average Bonchev–Trinajstić information content (AvgIpc) is 3.21. The number of aromatic nitrogens is 4. The maximum atomic E-state index is 12.8. The predicted molar refractivity (Wildman–Crippen MR) is 92.7 cm³/mol. The summed E-state index contributed by atoms with van der Waals surface area (Å²) in [6.07, 6.45) is 3.84. The Bertz CT molecular complexity index is 1020. The standard InChI is InChI=1S/C18H19N5O2/c1-12-9-13(2)23(20-12)14-6-8-21(11-14)17(24)15-10-19-16-5-3-4-7-22(16)18(15)25/h3-5,7,9-10,14H,6,8,11H2,1-2H3/t14-/m0/s1. The molecule has 3 aromatic heterocycles. The molecule has 7 nitrogen and oxygen atoms in total. The third-order valence-electron chi connectivity index (χ3n) is 4.68. The van der Waals surface area contributed by atoms with Crippen molar-refractivity contribution in [1.29, 1.82) is 0 Å². The molecule has 0 radical (unpaired) electrons. The molecule has 1 atom stereocenters. The smallest absolute Gasteiger partial charge is 0.270 e. The van der Waals surface area contributed by atoms with Gasteiger partial charge in [-0.3, -0.25) is 18.7 Å². The number of aryl methyl sites for hydroxylation is 2. The third-order valence-corrected chi connectivity index (χ3v) is 4.68. The van der Waals surface area contributed by atoms with Gasteiger partial charge in [-0.2, -0.15) is 5.10 Å². The van der Waals surface area contributed by atoms with Crippen molar-refractivity contribution in [2.24, 2.45) is 0 Å². The lowest BCUT2D eigenvalue weighted by Gasteiger charge is -2.17. The van der Waals surface area contributed by atoms with E-state index in [-0.39, 0.29) is 23.1 Å². The summed E-state index contributed by atoms with van der Waals surface area (Å²) in [4.78, 5) is 31.4. The number of carbonyl (C=O) groups excluding carboxylic acids is 1. The normalized spacial score (nSPS) is 17.4. The molecule has 1 aliphatic rings. The molecule has 0 N–H and O–H groups in total. The van der Waals surface area contributed by atoms with Crippen molar-refractivity contribution in [2.75, 3.05) is 13.1 Å². The van der Waals surface area contributed by atoms with Crippen molar-refractivity contribution in [3.8, 4) is 0 Å². The monoisotopic (exact) mass is 337 g/mol. The first-order valence-electron chi connectivity index (χ1n) is 8.33.